The van der Waals surface area contributed by atoms with Crippen molar-refractivity contribution < 1.29 is 96.7 Å². The molecule has 24 nitrogen and oxygen atoms in total. The van der Waals surface area contributed by atoms with Gasteiger partial charge in [-0.15, -0.1) is 0 Å². The molecule has 0 spiro atoms. The van der Waals surface area contributed by atoms with E-state index in [1.54, 1.807) is 102 Å². The summed E-state index contributed by atoms with van der Waals surface area (Å²) in [7, 11) is 12.7. The molecule has 4 fully saturated rings. The van der Waals surface area contributed by atoms with E-state index in [0.29, 0.717) is 116 Å². The SMILES string of the molecule is C.C.C.C.CC1=Cc2c(ccc(O)c2F)C1.COc1cc(OC2CCN(C)CC2(F)F)c2c(Cl)ncnc2c1.COc1cc(OC2CCN(C)CC2(F)F)c2c(Oc3ccc4c(c3)C=C(C)C4)ncnc2c1.COc1cc(O[C@@H]2CCN(C)CC2(F)F)c2c(Oc3ccc4c(c3)C=C(C)C4)ncnc2c1.COc1cc(O[C@H]2CCN(C)CC2(F)F)c2c(Oc3ccc4c(c3)C=C(C)C4)ncnc2c1. The van der Waals surface area contributed by atoms with Crippen molar-refractivity contribution in [2.45, 2.75) is 157 Å². The maximum absolute atomic E-state index is 14.7. The van der Waals surface area contributed by atoms with Crippen LogP contribution in [0.5, 0.6) is 86.6 Å². The summed E-state index contributed by atoms with van der Waals surface area (Å²) in [4.78, 5) is 40.2. The van der Waals surface area contributed by atoms with E-state index < -0.39 is 53.9 Å². The van der Waals surface area contributed by atoms with Crippen molar-refractivity contribution >= 4 is 79.5 Å². The van der Waals surface area contributed by atoms with Gasteiger partial charge in [0.15, 0.2) is 36.0 Å². The lowest BCUT2D eigenvalue weighted by Crippen LogP contribution is -2.52. The highest BCUT2D eigenvalue weighted by Gasteiger charge is 2.50. The number of likely N-dealkylation sites (tertiary alicyclic amines) is 4. The van der Waals surface area contributed by atoms with Crippen molar-refractivity contribution in [1.29, 1.82) is 0 Å². The van der Waals surface area contributed by atoms with Crippen LogP contribution in [0.2, 0.25) is 5.15 Å². The minimum atomic E-state index is -3.00. The summed E-state index contributed by atoms with van der Waals surface area (Å²) in [5, 5.41) is 10.9. The number of hydrogen-bond acceptors (Lipinski definition) is 24. The molecule has 0 radical (unpaired) electrons. The molecule has 4 aromatic heterocycles. The molecular formula is C104H116ClF9N12O12. The number of ether oxygens (including phenoxy) is 11. The average Bonchev–Trinajstić information content (AvgIpc) is 0.833. The Kier molecular flexibility index (Phi) is 32.8. The van der Waals surface area contributed by atoms with Crippen molar-refractivity contribution in [3.05, 3.63) is 218 Å². The molecule has 4 aliphatic heterocycles. The van der Waals surface area contributed by atoms with Gasteiger partial charge in [0.2, 0.25) is 17.6 Å². The number of nitrogens with zero attached hydrogens (tertiary/aromatic N) is 12. The third kappa shape index (κ3) is 23.6. The fraction of sp³-hybridized carbons (Fsp3) is 0.385. The first-order valence-corrected chi connectivity index (χ1v) is 43.9. The van der Waals surface area contributed by atoms with Gasteiger partial charge in [0, 0.05) is 106 Å². The van der Waals surface area contributed by atoms with Gasteiger partial charge < -0.3 is 76.8 Å². The number of phenolic OH excluding ortho intramolecular Hbond substituents is 1. The number of rotatable bonds is 18. The summed E-state index contributed by atoms with van der Waals surface area (Å²) in [6.45, 7) is 8.89. The predicted octanol–water partition coefficient (Wildman–Crippen LogP) is 23.4. The highest BCUT2D eigenvalue weighted by molar-refractivity contribution is 6.34. The lowest BCUT2D eigenvalue weighted by Gasteiger charge is -2.36. The minimum absolute atomic E-state index is 0. The zero-order valence-electron chi connectivity index (χ0n) is 75.8. The van der Waals surface area contributed by atoms with E-state index in [1.807, 2.05) is 61.5 Å². The monoisotopic (exact) mass is 1930 g/mol. The van der Waals surface area contributed by atoms with E-state index in [0.717, 1.165) is 53.5 Å². The Hall–Kier alpha value is -12.8. The first-order chi connectivity index (χ1) is 64.0. The smallest absolute Gasteiger partial charge is 0.296 e. The second-order valence-corrected chi connectivity index (χ2v) is 35.2. The Bertz CT molecular complexity index is 6120. The van der Waals surface area contributed by atoms with Crippen LogP contribution in [-0.4, -0.2) is 222 Å². The normalized spacial score (nSPS) is 19.0. The lowest BCUT2D eigenvalue weighted by molar-refractivity contribution is -0.135. The van der Waals surface area contributed by atoms with Gasteiger partial charge in [-0.3, -0.25) is 0 Å². The molecule has 12 aromatic rings. The van der Waals surface area contributed by atoms with E-state index >= 15 is 0 Å². The van der Waals surface area contributed by atoms with Gasteiger partial charge in [-0.2, -0.15) is 0 Å². The number of piperidine rings is 4. The van der Waals surface area contributed by atoms with E-state index in [-0.39, 0.29) is 133 Å². The van der Waals surface area contributed by atoms with Crippen molar-refractivity contribution in [3.63, 3.8) is 0 Å². The first kappa shape index (κ1) is 104. The average molecular weight is 1930 g/mol. The fourth-order valence-electron chi connectivity index (χ4n) is 17.5. The van der Waals surface area contributed by atoms with Crippen LogP contribution in [0.25, 0.3) is 67.9 Å². The van der Waals surface area contributed by atoms with Crippen LogP contribution >= 0.6 is 11.6 Å². The van der Waals surface area contributed by atoms with Crippen molar-refractivity contribution in [2.75, 3.05) is 109 Å². The van der Waals surface area contributed by atoms with Crippen LogP contribution in [-0.2, 0) is 25.7 Å². The van der Waals surface area contributed by atoms with Gasteiger partial charge in [0.1, 0.15) is 110 Å². The number of allylic oxidation sites excluding steroid dienone is 4. The Labute approximate surface area is 802 Å². The number of alkyl halides is 8. The highest BCUT2D eigenvalue weighted by Crippen LogP contribution is 2.48. The van der Waals surface area contributed by atoms with E-state index in [2.05, 4.69) is 78.9 Å². The summed E-state index contributed by atoms with van der Waals surface area (Å²) in [6.07, 6.45) is 12.9. The molecule has 4 atom stereocenters. The number of methoxy groups -OCH3 is 4. The first-order valence-electron chi connectivity index (χ1n) is 43.6. The maximum Gasteiger partial charge on any atom is 0.296 e. The summed E-state index contributed by atoms with van der Waals surface area (Å²) >= 11 is 6.10. The maximum atomic E-state index is 14.7. The van der Waals surface area contributed by atoms with Crippen LogP contribution in [0.15, 0.2) is 163 Å². The molecular weight excluding hydrogens is 1820 g/mol. The molecule has 8 heterocycles. The highest BCUT2D eigenvalue weighted by atomic mass is 35.5. The Morgan fingerprint density at radius 3 is 0.906 bits per heavy atom. The number of fused-ring (bicyclic) bond motifs is 8. The van der Waals surface area contributed by atoms with E-state index in [1.165, 1.54) is 99.3 Å². The number of hydrogen-bond donors (Lipinski definition) is 1. The van der Waals surface area contributed by atoms with Crippen LogP contribution in [0.1, 0.15) is 128 Å². The van der Waals surface area contributed by atoms with Gasteiger partial charge in [0.05, 0.1) is 82.1 Å². The van der Waals surface area contributed by atoms with Gasteiger partial charge in [-0.05, 0) is 163 Å². The Balaban J connectivity index is 0.000000158. The Morgan fingerprint density at radius 2 is 0.609 bits per heavy atom. The quantitative estimate of drug-likeness (QED) is 0.0620. The molecule has 1 N–H and O–H groups in total. The van der Waals surface area contributed by atoms with Gasteiger partial charge in [-0.25, -0.2) is 79.4 Å². The third-order valence-electron chi connectivity index (χ3n) is 24.2. The molecule has 34 heteroatoms. The number of aromatic nitrogens is 8. The number of phenols is 1. The summed E-state index contributed by atoms with van der Waals surface area (Å²) in [6, 6.07) is 33.8. The molecule has 138 heavy (non-hydrogen) atoms. The van der Waals surface area contributed by atoms with Crippen LogP contribution in [0.3, 0.4) is 0 Å². The number of benzene rings is 8. The number of aromatic hydroxyl groups is 1. The number of halogens is 10. The topological polar surface area (TPSA) is 238 Å². The van der Waals surface area contributed by atoms with E-state index in [4.69, 9.17) is 68.8 Å². The van der Waals surface area contributed by atoms with Gasteiger partial charge >= 0.3 is 0 Å². The van der Waals surface area contributed by atoms with Gasteiger partial charge in [0.25, 0.3) is 23.7 Å². The molecule has 4 saturated heterocycles. The molecule has 8 aromatic carbocycles. The minimum Gasteiger partial charge on any atom is -0.505 e. The third-order valence-corrected chi connectivity index (χ3v) is 24.5. The van der Waals surface area contributed by atoms with E-state index in [9.17, 15) is 39.5 Å². The molecule has 20 rings (SSSR count). The van der Waals surface area contributed by atoms with Crippen LogP contribution < -0.4 is 52.1 Å². The molecule has 8 aliphatic rings. The standard InChI is InChI=1S/3C25H25F2N3O3.C15H16ClF2N3O2.C10H9FO.4CH4/c3*1-15-8-16-4-5-18(10-17(16)9-15)32-24-23-20(28-14-29-24)11-19(31-3)12-21(23)33-22-6-7-30(2)13-25(22,26)27;1-21-4-3-12(15(17,18)7-21)23-11-6-9(22-2)5-10-13(11)14(16)20-8-19-10;1-6-4-7-2-3-9(12)10(11)8(7)5-6;;;;/h3*4-5,9-12,14,22H,6-8,13H2,1-3H3;5-6,8,12H,3-4,7H2,1-2H3;2-3,5,12H,4H2,1H3;4*1H4/t2*22-;;;;;;;/m10......./s1. The molecule has 2 unspecified atom stereocenters. The molecule has 0 bridgehead atoms. The second-order valence-electron chi connectivity index (χ2n) is 34.9. The molecule has 734 valence electrons. The molecule has 4 aliphatic carbocycles. The largest absolute Gasteiger partial charge is 0.505 e. The summed E-state index contributed by atoms with van der Waals surface area (Å²) in [5.74, 6) is -7.49. The Morgan fingerprint density at radius 1 is 0.341 bits per heavy atom. The van der Waals surface area contributed by atoms with Crippen molar-refractivity contribution in [2.24, 2.45) is 0 Å². The lowest BCUT2D eigenvalue weighted by atomic mass is 10.0. The fourth-order valence-corrected chi connectivity index (χ4v) is 17.8. The summed E-state index contributed by atoms with van der Waals surface area (Å²) in [5.41, 5.74) is 15.5. The van der Waals surface area contributed by atoms with Gasteiger partial charge in [-0.1, -0.05) is 112 Å². The zero-order chi connectivity index (χ0) is 94.8. The molecule has 0 saturated carbocycles. The van der Waals surface area contributed by atoms with Crippen LogP contribution in [0, 0.1) is 5.82 Å². The zero-order valence-corrected chi connectivity index (χ0v) is 76.6. The van der Waals surface area contributed by atoms with Crippen molar-refractivity contribution in [1.82, 2.24) is 59.5 Å². The second kappa shape index (κ2) is 43.5. The summed E-state index contributed by atoms with van der Waals surface area (Å²) < 4.78 is 193. The van der Waals surface area contributed by atoms with Crippen LogP contribution in [0.4, 0.5) is 39.5 Å². The predicted molar refractivity (Wildman–Crippen MR) is 519 cm³/mol. The van der Waals surface area contributed by atoms with Crippen molar-refractivity contribution in [3.8, 4) is 86.6 Å². The molecule has 0 amide bonds.